The summed E-state index contributed by atoms with van der Waals surface area (Å²) in [5.41, 5.74) is 3.73. The monoisotopic (exact) mass is 302 g/mol. The molecule has 0 atom stereocenters. The van der Waals surface area contributed by atoms with Crippen molar-refractivity contribution in [3.63, 3.8) is 0 Å². The zero-order valence-electron chi connectivity index (χ0n) is 13.8. The fourth-order valence-corrected chi connectivity index (χ4v) is 3.30. The summed E-state index contributed by atoms with van der Waals surface area (Å²) >= 11 is 0. The third-order valence-electron chi connectivity index (χ3n) is 4.46. The molecule has 120 valence electrons. The van der Waals surface area contributed by atoms with Gasteiger partial charge in [0.25, 0.3) is 0 Å². The van der Waals surface area contributed by atoms with Gasteiger partial charge in [0.1, 0.15) is 5.60 Å². The van der Waals surface area contributed by atoms with Crippen LogP contribution in [0.5, 0.6) is 0 Å². The lowest BCUT2D eigenvalue weighted by Crippen LogP contribution is -2.41. The summed E-state index contributed by atoms with van der Waals surface area (Å²) in [6, 6.07) is 6.80. The second-order valence-electron chi connectivity index (χ2n) is 7.34. The van der Waals surface area contributed by atoms with Gasteiger partial charge in [-0.25, -0.2) is 4.79 Å². The van der Waals surface area contributed by atoms with Crippen LogP contribution in [-0.2, 0) is 11.2 Å². The van der Waals surface area contributed by atoms with Gasteiger partial charge in [-0.3, -0.25) is 0 Å². The average molecular weight is 302 g/mol. The maximum absolute atomic E-state index is 12.1. The van der Waals surface area contributed by atoms with Crippen LogP contribution in [0.15, 0.2) is 18.2 Å². The van der Waals surface area contributed by atoms with Crippen LogP contribution in [0, 0.1) is 0 Å². The molecule has 0 spiro atoms. The lowest BCUT2D eigenvalue weighted by atomic mass is 9.88. The first-order valence-corrected chi connectivity index (χ1v) is 8.27. The molecule has 4 heteroatoms. The Morgan fingerprint density at radius 2 is 2.00 bits per heavy atom. The summed E-state index contributed by atoms with van der Waals surface area (Å²) < 4.78 is 5.46. The van der Waals surface area contributed by atoms with Crippen LogP contribution in [0.1, 0.15) is 50.7 Å². The zero-order valence-corrected chi connectivity index (χ0v) is 13.8. The van der Waals surface area contributed by atoms with Crippen molar-refractivity contribution in [1.82, 2.24) is 4.90 Å². The molecule has 0 unspecified atom stereocenters. The molecule has 1 amide bonds. The smallest absolute Gasteiger partial charge is 0.410 e. The summed E-state index contributed by atoms with van der Waals surface area (Å²) in [5, 5.41) is 3.40. The maximum Gasteiger partial charge on any atom is 0.410 e. The topological polar surface area (TPSA) is 41.6 Å². The standard InChI is InChI=1S/C18H26N2O2/c1-18(2,3)22-17(21)20-10-7-13(8-11-20)14-4-5-16-15(12-14)6-9-19-16/h4-5,12-13,19H,6-11H2,1-3H3. The van der Waals surface area contributed by atoms with Crippen molar-refractivity contribution in [2.75, 3.05) is 25.0 Å². The molecule has 0 aromatic heterocycles. The second-order valence-corrected chi connectivity index (χ2v) is 7.34. The van der Waals surface area contributed by atoms with Gasteiger partial charge in [-0.15, -0.1) is 0 Å². The molecule has 0 saturated carbocycles. The van der Waals surface area contributed by atoms with E-state index in [9.17, 15) is 4.79 Å². The summed E-state index contributed by atoms with van der Waals surface area (Å²) in [7, 11) is 0. The number of anilines is 1. The highest BCUT2D eigenvalue weighted by atomic mass is 16.6. The highest BCUT2D eigenvalue weighted by molar-refractivity contribution is 5.68. The largest absolute Gasteiger partial charge is 0.444 e. The molecular formula is C18H26N2O2. The number of carbonyl (C=O) groups excluding carboxylic acids is 1. The SMILES string of the molecule is CC(C)(C)OC(=O)N1CCC(c2ccc3c(c2)CCN3)CC1. The predicted octanol–water partition coefficient (Wildman–Crippen LogP) is 3.77. The quantitative estimate of drug-likeness (QED) is 0.858. The first-order valence-electron chi connectivity index (χ1n) is 8.27. The van der Waals surface area contributed by atoms with Gasteiger partial charge in [0.05, 0.1) is 0 Å². The van der Waals surface area contributed by atoms with E-state index in [0.717, 1.165) is 38.9 Å². The van der Waals surface area contributed by atoms with Crippen LogP contribution in [0.3, 0.4) is 0 Å². The van der Waals surface area contributed by atoms with Gasteiger partial charge in [-0.05, 0) is 63.1 Å². The lowest BCUT2D eigenvalue weighted by molar-refractivity contribution is 0.0205. The van der Waals surface area contributed by atoms with E-state index >= 15 is 0 Å². The Hall–Kier alpha value is -1.71. The van der Waals surface area contributed by atoms with Gasteiger partial charge in [0.2, 0.25) is 0 Å². The minimum Gasteiger partial charge on any atom is -0.444 e. The van der Waals surface area contributed by atoms with Gasteiger partial charge in [0.15, 0.2) is 0 Å². The third kappa shape index (κ3) is 3.37. The first-order chi connectivity index (χ1) is 10.4. The molecule has 1 saturated heterocycles. The molecule has 0 radical (unpaired) electrons. The Kier molecular flexibility index (Phi) is 4.02. The molecule has 22 heavy (non-hydrogen) atoms. The molecule has 2 heterocycles. The molecule has 2 aliphatic heterocycles. The Morgan fingerprint density at radius 1 is 1.27 bits per heavy atom. The second kappa shape index (κ2) is 5.82. The van der Waals surface area contributed by atoms with E-state index in [2.05, 4.69) is 23.5 Å². The molecule has 1 fully saturated rings. The fourth-order valence-electron chi connectivity index (χ4n) is 3.30. The number of hydrogen-bond donors (Lipinski definition) is 1. The van der Waals surface area contributed by atoms with Crippen molar-refractivity contribution in [2.45, 2.75) is 51.6 Å². The van der Waals surface area contributed by atoms with Gasteiger partial charge in [-0.2, -0.15) is 0 Å². The van der Waals surface area contributed by atoms with Crippen LogP contribution in [0.25, 0.3) is 0 Å². The number of ether oxygens (including phenoxy) is 1. The summed E-state index contributed by atoms with van der Waals surface area (Å²) in [4.78, 5) is 13.9. The zero-order chi connectivity index (χ0) is 15.7. The Morgan fingerprint density at radius 3 is 2.68 bits per heavy atom. The Balaban J connectivity index is 1.59. The number of nitrogens with zero attached hydrogens (tertiary/aromatic N) is 1. The first kappa shape index (κ1) is 15.2. The van der Waals surface area contributed by atoms with E-state index < -0.39 is 5.60 Å². The van der Waals surface area contributed by atoms with Gasteiger partial charge in [0, 0.05) is 25.3 Å². The van der Waals surface area contributed by atoms with Gasteiger partial charge in [-0.1, -0.05) is 12.1 Å². The lowest BCUT2D eigenvalue weighted by Gasteiger charge is -2.33. The number of fused-ring (bicyclic) bond motifs is 1. The van der Waals surface area contributed by atoms with Crippen molar-refractivity contribution >= 4 is 11.8 Å². The number of carbonyl (C=O) groups is 1. The van der Waals surface area contributed by atoms with Crippen molar-refractivity contribution in [2.24, 2.45) is 0 Å². The molecule has 1 aromatic carbocycles. The molecule has 1 aromatic rings. The molecule has 0 bridgehead atoms. The van der Waals surface area contributed by atoms with E-state index in [-0.39, 0.29) is 6.09 Å². The number of benzene rings is 1. The van der Waals surface area contributed by atoms with Gasteiger partial charge < -0.3 is 15.0 Å². The maximum atomic E-state index is 12.1. The fraction of sp³-hybridized carbons (Fsp3) is 0.611. The molecule has 0 aliphatic carbocycles. The van der Waals surface area contributed by atoms with E-state index in [1.54, 1.807) is 0 Å². The highest BCUT2D eigenvalue weighted by Crippen LogP contribution is 2.32. The molecule has 1 N–H and O–H groups in total. The third-order valence-corrected chi connectivity index (χ3v) is 4.46. The molecule has 4 nitrogen and oxygen atoms in total. The van der Waals surface area contributed by atoms with E-state index in [0.29, 0.717) is 5.92 Å². The molecule has 2 aliphatic rings. The van der Waals surface area contributed by atoms with E-state index in [1.165, 1.54) is 16.8 Å². The van der Waals surface area contributed by atoms with Crippen molar-refractivity contribution < 1.29 is 9.53 Å². The van der Waals surface area contributed by atoms with E-state index in [4.69, 9.17) is 4.74 Å². The Labute approximate surface area is 132 Å². The molecule has 3 rings (SSSR count). The van der Waals surface area contributed by atoms with Crippen LogP contribution < -0.4 is 5.32 Å². The minimum atomic E-state index is -0.416. The average Bonchev–Trinajstić information content (AvgIpc) is 2.93. The molecular weight excluding hydrogens is 276 g/mol. The van der Waals surface area contributed by atoms with Crippen LogP contribution >= 0.6 is 0 Å². The van der Waals surface area contributed by atoms with Crippen molar-refractivity contribution in [1.29, 1.82) is 0 Å². The number of piperidine rings is 1. The van der Waals surface area contributed by atoms with Gasteiger partial charge >= 0.3 is 6.09 Å². The number of hydrogen-bond acceptors (Lipinski definition) is 3. The highest BCUT2D eigenvalue weighted by Gasteiger charge is 2.27. The van der Waals surface area contributed by atoms with E-state index in [1.807, 2.05) is 25.7 Å². The summed E-state index contributed by atoms with van der Waals surface area (Å²) in [6.07, 6.45) is 2.99. The van der Waals surface area contributed by atoms with Crippen LogP contribution in [0.2, 0.25) is 0 Å². The van der Waals surface area contributed by atoms with Crippen molar-refractivity contribution in [3.05, 3.63) is 29.3 Å². The predicted molar refractivity (Wildman–Crippen MR) is 88.4 cm³/mol. The number of nitrogens with one attached hydrogen (secondary N) is 1. The number of likely N-dealkylation sites (tertiary alicyclic amines) is 1. The normalized spacial score (nSPS) is 18.8. The van der Waals surface area contributed by atoms with Crippen molar-refractivity contribution in [3.8, 4) is 0 Å². The number of rotatable bonds is 1. The summed E-state index contributed by atoms with van der Waals surface area (Å²) in [5.74, 6) is 0.560. The number of amides is 1. The Bertz CT molecular complexity index is 555. The summed E-state index contributed by atoms with van der Waals surface area (Å²) in [6.45, 7) is 8.36. The van der Waals surface area contributed by atoms with Crippen LogP contribution in [0.4, 0.5) is 10.5 Å². The van der Waals surface area contributed by atoms with Crippen LogP contribution in [-0.4, -0.2) is 36.2 Å². The minimum absolute atomic E-state index is 0.177.